The molecule has 0 fully saturated rings. The molecule has 0 aromatic heterocycles. The van der Waals surface area contributed by atoms with Crippen LogP contribution >= 0.6 is 15.9 Å². The zero-order chi connectivity index (χ0) is 20.8. The van der Waals surface area contributed by atoms with Crippen molar-refractivity contribution >= 4 is 27.2 Å². The van der Waals surface area contributed by atoms with Crippen LogP contribution in [0.4, 0.5) is 8.78 Å². The maximum absolute atomic E-state index is 14.9. The van der Waals surface area contributed by atoms with Crippen molar-refractivity contribution < 1.29 is 13.5 Å². The summed E-state index contributed by atoms with van der Waals surface area (Å²) >= 11 is 3.51. The highest BCUT2D eigenvalue weighted by molar-refractivity contribution is 9.12. The van der Waals surface area contributed by atoms with Gasteiger partial charge in [0.1, 0.15) is 17.4 Å². The van der Waals surface area contributed by atoms with Crippen molar-refractivity contribution in [1.29, 1.82) is 0 Å². The summed E-state index contributed by atoms with van der Waals surface area (Å²) in [5.74, 6) is -1.22. The van der Waals surface area contributed by atoms with Gasteiger partial charge < -0.3 is 9.64 Å². The number of hydrogen-bond donors (Lipinski definition) is 0. The van der Waals surface area contributed by atoms with Crippen LogP contribution in [0.1, 0.15) is 31.9 Å². The average Bonchev–Trinajstić information content (AvgIpc) is 2.72. The van der Waals surface area contributed by atoms with E-state index in [9.17, 15) is 8.78 Å². The third-order valence-corrected chi connectivity index (χ3v) is 4.97. The average molecular weight is 448 g/mol. The molecule has 0 amide bonds. The molecule has 0 atom stereocenters. The Morgan fingerprint density at radius 1 is 1.07 bits per heavy atom. The maximum Gasteiger partial charge on any atom is 0.139 e. The molecular weight excluding hydrogens is 424 g/mol. The molecule has 0 saturated heterocycles. The molecule has 5 heteroatoms. The summed E-state index contributed by atoms with van der Waals surface area (Å²) in [4.78, 5) is 1.81. The zero-order valence-electron chi connectivity index (χ0n) is 16.5. The highest BCUT2D eigenvalue weighted by Crippen LogP contribution is 2.42. The van der Waals surface area contributed by atoms with Crippen molar-refractivity contribution in [2.24, 2.45) is 0 Å². The lowest BCUT2D eigenvalue weighted by Gasteiger charge is -2.34. The van der Waals surface area contributed by atoms with Gasteiger partial charge in [-0.05, 0) is 34.5 Å². The van der Waals surface area contributed by atoms with Gasteiger partial charge in [0.05, 0.1) is 18.4 Å². The first-order chi connectivity index (χ1) is 13.5. The lowest BCUT2D eigenvalue weighted by molar-refractivity contribution is 0.405. The third-order valence-electron chi connectivity index (χ3n) is 4.29. The molecule has 1 aliphatic heterocycles. The number of methoxy groups -OCH3 is 1. The third kappa shape index (κ3) is 4.20. The topological polar surface area (TPSA) is 12.5 Å². The van der Waals surface area contributed by atoms with Crippen molar-refractivity contribution in [3.8, 4) is 5.75 Å². The molecule has 3 rings (SSSR count). The van der Waals surface area contributed by atoms with E-state index in [-0.39, 0.29) is 11.3 Å². The summed E-state index contributed by atoms with van der Waals surface area (Å²) in [7, 11) is 1.38. The number of allylic oxidation sites excluding steroid dienone is 3. The van der Waals surface area contributed by atoms with Gasteiger partial charge in [-0.25, -0.2) is 8.78 Å². The van der Waals surface area contributed by atoms with Crippen LogP contribution < -0.4 is 4.74 Å². The van der Waals surface area contributed by atoms with Gasteiger partial charge in [-0.3, -0.25) is 0 Å². The van der Waals surface area contributed by atoms with Crippen LogP contribution in [0.3, 0.4) is 0 Å². The lowest BCUT2D eigenvalue weighted by Crippen LogP contribution is -2.25. The Hall–Kier alpha value is -2.40. The Morgan fingerprint density at radius 3 is 2.14 bits per heavy atom. The number of halogens is 3. The molecule has 148 valence electrons. The molecule has 28 heavy (non-hydrogen) atoms. The molecule has 1 aliphatic rings. The van der Waals surface area contributed by atoms with Gasteiger partial charge in [0.25, 0.3) is 0 Å². The molecule has 0 saturated carbocycles. The second kappa shape index (κ2) is 9.69. The van der Waals surface area contributed by atoms with Crippen LogP contribution in [0.25, 0.3) is 11.3 Å². The molecule has 0 N–H and O–H groups in total. The Balaban J connectivity index is 0.00000136. The van der Waals surface area contributed by atoms with E-state index in [0.29, 0.717) is 17.9 Å². The van der Waals surface area contributed by atoms with Crippen LogP contribution in [0.15, 0.2) is 65.3 Å². The van der Waals surface area contributed by atoms with Gasteiger partial charge in [-0.1, -0.05) is 50.8 Å². The minimum absolute atomic E-state index is 0.0936. The molecule has 0 aliphatic carbocycles. The SMILES string of the molecule is C=C1C(Br)=CC(c2ccccc2)=C(c2c(F)cc(OC)cc2F)N1CC.CC. The van der Waals surface area contributed by atoms with Gasteiger partial charge in [-0.15, -0.1) is 0 Å². The standard InChI is InChI=1S/C21H18BrF2NO.C2H6/c1-4-25-13(2)17(22)12-16(14-8-6-5-7-9-14)21(25)20-18(23)10-15(26-3)11-19(20)24;1-2/h5-12H,2,4H2,1,3H3;1-2H3. The Kier molecular flexibility index (Phi) is 7.58. The fraction of sp³-hybridized carbons (Fsp3) is 0.217. The molecule has 2 aromatic carbocycles. The molecule has 0 bridgehead atoms. The minimum atomic E-state index is -0.678. The monoisotopic (exact) mass is 447 g/mol. The van der Waals surface area contributed by atoms with Crippen LogP contribution in [0, 0.1) is 11.6 Å². The predicted molar refractivity (Wildman–Crippen MR) is 116 cm³/mol. The Labute approximate surface area is 174 Å². The molecule has 0 radical (unpaired) electrons. The second-order valence-electron chi connectivity index (χ2n) is 5.78. The summed E-state index contributed by atoms with van der Waals surface area (Å²) in [6.07, 6.45) is 1.85. The lowest BCUT2D eigenvalue weighted by atomic mass is 9.94. The smallest absolute Gasteiger partial charge is 0.139 e. The number of benzene rings is 2. The first-order valence-corrected chi connectivity index (χ1v) is 9.94. The van der Waals surface area contributed by atoms with E-state index in [0.717, 1.165) is 15.6 Å². The van der Waals surface area contributed by atoms with Crippen LogP contribution in [0.2, 0.25) is 0 Å². The van der Waals surface area contributed by atoms with Crippen LogP contribution in [-0.4, -0.2) is 18.6 Å². The van der Waals surface area contributed by atoms with Crippen LogP contribution in [-0.2, 0) is 0 Å². The zero-order valence-corrected chi connectivity index (χ0v) is 18.1. The minimum Gasteiger partial charge on any atom is -0.497 e. The normalized spacial score (nSPS) is 13.8. The molecule has 0 unspecified atom stereocenters. The van der Waals surface area contributed by atoms with Gasteiger partial charge in [0, 0.05) is 34.4 Å². The second-order valence-corrected chi connectivity index (χ2v) is 6.63. The van der Waals surface area contributed by atoms with Gasteiger partial charge >= 0.3 is 0 Å². The van der Waals surface area contributed by atoms with Crippen LogP contribution in [0.5, 0.6) is 5.75 Å². The van der Waals surface area contributed by atoms with Gasteiger partial charge in [0.15, 0.2) is 0 Å². The largest absolute Gasteiger partial charge is 0.497 e. The number of hydrogen-bond acceptors (Lipinski definition) is 2. The predicted octanol–water partition coefficient (Wildman–Crippen LogP) is 7.00. The van der Waals surface area contributed by atoms with E-state index in [1.54, 1.807) is 4.90 Å². The van der Waals surface area contributed by atoms with E-state index < -0.39 is 11.6 Å². The molecular formula is C23H24BrF2NO. The van der Waals surface area contributed by atoms with Crippen molar-refractivity contribution in [2.45, 2.75) is 20.8 Å². The Bertz CT molecular complexity index is 896. The summed E-state index contributed by atoms with van der Waals surface area (Å²) in [5, 5.41) is 0. The highest BCUT2D eigenvalue weighted by Gasteiger charge is 2.29. The molecule has 1 heterocycles. The fourth-order valence-electron chi connectivity index (χ4n) is 3.04. The van der Waals surface area contributed by atoms with E-state index >= 15 is 0 Å². The van der Waals surface area contributed by atoms with Crippen molar-refractivity contribution in [3.05, 3.63) is 88.1 Å². The summed E-state index contributed by atoms with van der Waals surface area (Å²) in [5.41, 5.74) is 2.58. The van der Waals surface area contributed by atoms with E-state index in [1.165, 1.54) is 19.2 Å². The molecule has 2 aromatic rings. The van der Waals surface area contributed by atoms with Gasteiger partial charge in [0.2, 0.25) is 0 Å². The summed E-state index contributed by atoms with van der Waals surface area (Å²) < 4.78 is 35.5. The maximum atomic E-state index is 14.9. The summed E-state index contributed by atoms with van der Waals surface area (Å²) in [6.45, 7) is 10.5. The summed E-state index contributed by atoms with van der Waals surface area (Å²) in [6, 6.07) is 11.9. The molecule has 0 spiro atoms. The van der Waals surface area contributed by atoms with E-state index in [4.69, 9.17) is 4.74 Å². The molecule has 2 nitrogen and oxygen atoms in total. The number of rotatable bonds is 4. The van der Waals surface area contributed by atoms with Crippen molar-refractivity contribution in [1.82, 2.24) is 4.90 Å². The van der Waals surface area contributed by atoms with E-state index in [2.05, 4.69) is 22.5 Å². The number of ether oxygens (including phenoxy) is 1. The van der Waals surface area contributed by atoms with Crippen molar-refractivity contribution in [3.63, 3.8) is 0 Å². The quantitative estimate of drug-likeness (QED) is 0.500. The highest BCUT2D eigenvalue weighted by atomic mass is 79.9. The number of likely N-dealkylation sites (N-methyl/N-ethyl adjacent to an activating group) is 1. The van der Waals surface area contributed by atoms with Crippen molar-refractivity contribution in [2.75, 3.05) is 13.7 Å². The first-order valence-electron chi connectivity index (χ1n) is 9.15. The van der Waals surface area contributed by atoms with E-state index in [1.807, 2.05) is 57.2 Å². The van der Waals surface area contributed by atoms with Gasteiger partial charge in [-0.2, -0.15) is 0 Å². The Morgan fingerprint density at radius 2 is 1.64 bits per heavy atom. The number of nitrogens with zero attached hydrogens (tertiary/aromatic N) is 1. The fourth-order valence-corrected chi connectivity index (χ4v) is 3.48. The first kappa shape index (κ1) is 21.9.